The lowest BCUT2D eigenvalue weighted by atomic mass is 9.83. The van der Waals surface area contributed by atoms with Gasteiger partial charge in [0.25, 0.3) is 0 Å². The number of ether oxygens (including phenoxy) is 1. The molecular weight excluding hydrogens is 150 g/mol. The number of hydrogen-bond donors (Lipinski definition) is 1. The predicted molar refractivity (Wildman–Crippen MR) is 48.9 cm³/mol. The van der Waals surface area contributed by atoms with Crippen LogP contribution < -0.4 is 5.73 Å². The summed E-state index contributed by atoms with van der Waals surface area (Å²) >= 11 is 0. The van der Waals surface area contributed by atoms with Crippen LogP contribution in [0.1, 0.15) is 39.0 Å². The van der Waals surface area contributed by atoms with Crippen molar-refractivity contribution in [2.45, 2.75) is 57.3 Å². The Kier molecular flexibility index (Phi) is 2.37. The minimum atomic E-state index is 0.394. The van der Waals surface area contributed by atoms with Gasteiger partial charge in [-0.3, -0.25) is 0 Å². The molecule has 2 bridgehead atoms. The van der Waals surface area contributed by atoms with Crippen LogP contribution in [-0.2, 0) is 4.74 Å². The fourth-order valence-electron chi connectivity index (χ4n) is 2.68. The summed E-state index contributed by atoms with van der Waals surface area (Å²) in [7, 11) is 0. The fraction of sp³-hybridized carbons (Fsp3) is 1.00. The van der Waals surface area contributed by atoms with Crippen LogP contribution in [0.15, 0.2) is 0 Å². The molecule has 0 radical (unpaired) electrons. The summed E-state index contributed by atoms with van der Waals surface area (Å²) in [5.41, 5.74) is 6.10. The Morgan fingerprint density at radius 1 is 1.50 bits per heavy atom. The second-order valence-electron chi connectivity index (χ2n) is 4.23. The van der Waals surface area contributed by atoms with Gasteiger partial charge >= 0.3 is 0 Å². The van der Waals surface area contributed by atoms with E-state index in [1.54, 1.807) is 0 Å². The molecule has 2 rings (SSSR count). The van der Waals surface area contributed by atoms with E-state index in [0.717, 1.165) is 6.42 Å². The second kappa shape index (κ2) is 3.35. The van der Waals surface area contributed by atoms with Crippen LogP contribution in [0.5, 0.6) is 0 Å². The molecule has 4 unspecified atom stereocenters. The molecule has 0 aliphatic carbocycles. The highest BCUT2D eigenvalue weighted by molar-refractivity contribution is 4.93. The van der Waals surface area contributed by atoms with Crippen molar-refractivity contribution in [2.75, 3.05) is 0 Å². The molecular formula is C10H19NO. The monoisotopic (exact) mass is 169 g/mol. The topological polar surface area (TPSA) is 35.2 Å². The van der Waals surface area contributed by atoms with Gasteiger partial charge in [0.15, 0.2) is 0 Å². The van der Waals surface area contributed by atoms with Crippen LogP contribution in [0, 0.1) is 5.92 Å². The molecule has 2 aliphatic heterocycles. The van der Waals surface area contributed by atoms with Crippen molar-refractivity contribution in [3.8, 4) is 0 Å². The summed E-state index contributed by atoms with van der Waals surface area (Å²) in [4.78, 5) is 0. The summed E-state index contributed by atoms with van der Waals surface area (Å²) < 4.78 is 5.77. The van der Waals surface area contributed by atoms with Gasteiger partial charge in [-0.15, -0.1) is 0 Å². The minimum Gasteiger partial charge on any atom is -0.375 e. The van der Waals surface area contributed by atoms with E-state index in [0.29, 0.717) is 24.2 Å². The maximum Gasteiger partial charge on any atom is 0.0623 e. The lowest BCUT2D eigenvalue weighted by Crippen LogP contribution is -2.36. The highest BCUT2D eigenvalue weighted by Gasteiger charge is 2.42. The van der Waals surface area contributed by atoms with Crippen LogP contribution in [0.3, 0.4) is 0 Å². The van der Waals surface area contributed by atoms with Gasteiger partial charge in [-0.1, -0.05) is 13.3 Å². The molecule has 4 atom stereocenters. The first kappa shape index (κ1) is 8.52. The van der Waals surface area contributed by atoms with E-state index < -0.39 is 0 Å². The van der Waals surface area contributed by atoms with Gasteiger partial charge in [0, 0.05) is 12.0 Å². The smallest absolute Gasteiger partial charge is 0.0623 e. The zero-order valence-corrected chi connectivity index (χ0v) is 7.83. The van der Waals surface area contributed by atoms with Crippen LogP contribution in [0.4, 0.5) is 0 Å². The number of hydrogen-bond acceptors (Lipinski definition) is 2. The summed E-state index contributed by atoms with van der Waals surface area (Å²) in [6, 6.07) is 0.394. The minimum absolute atomic E-state index is 0.394. The molecule has 0 aromatic heterocycles. The van der Waals surface area contributed by atoms with E-state index in [1.807, 2.05) is 0 Å². The lowest BCUT2D eigenvalue weighted by molar-refractivity contribution is 0.0879. The van der Waals surface area contributed by atoms with E-state index in [4.69, 9.17) is 10.5 Å². The average molecular weight is 169 g/mol. The Morgan fingerprint density at radius 2 is 2.33 bits per heavy atom. The third-order valence-corrected chi connectivity index (χ3v) is 3.32. The Labute approximate surface area is 74.5 Å². The lowest BCUT2D eigenvalue weighted by Gasteiger charge is -2.24. The molecule has 12 heavy (non-hydrogen) atoms. The van der Waals surface area contributed by atoms with Crippen molar-refractivity contribution in [3.05, 3.63) is 0 Å². The largest absolute Gasteiger partial charge is 0.375 e. The summed E-state index contributed by atoms with van der Waals surface area (Å²) in [6.07, 6.45) is 7.20. The molecule has 2 aliphatic rings. The maximum absolute atomic E-state index is 6.10. The third-order valence-electron chi connectivity index (χ3n) is 3.32. The van der Waals surface area contributed by atoms with E-state index in [2.05, 4.69) is 6.92 Å². The van der Waals surface area contributed by atoms with Gasteiger partial charge < -0.3 is 10.5 Å². The molecule has 70 valence electrons. The zero-order chi connectivity index (χ0) is 8.55. The van der Waals surface area contributed by atoms with Gasteiger partial charge in [-0.05, 0) is 25.7 Å². The number of nitrogens with two attached hydrogens (primary N) is 1. The molecule has 0 aromatic rings. The van der Waals surface area contributed by atoms with Crippen molar-refractivity contribution < 1.29 is 4.74 Å². The highest BCUT2D eigenvalue weighted by Crippen LogP contribution is 2.40. The Morgan fingerprint density at radius 3 is 2.83 bits per heavy atom. The Balaban J connectivity index is 1.89. The average Bonchev–Trinajstić information content (AvgIpc) is 2.64. The van der Waals surface area contributed by atoms with Gasteiger partial charge in [0.05, 0.1) is 12.2 Å². The quantitative estimate of drug-likeness (QED) is 0.697. The van der Waals surface area contributed by atoms with Gasteiger partial charge in [0.1, 0.15) is 0 Å². The molecule has 0 aromatic carbocycles. The fourth-order valence-corrected chi connectivity index (χ4v) is 2.68. The van der Waals surface area contributed by atoms with Crippen LogP contribution >= 0.6 is 0 Å². The van der Waals surface area contributed by atoms with E-state index in [9.17, 15) is 0 Å². The Hall–Kier alpha value is -0.0800. The molecule has 2 fully saturated rings. The van der Waals surface area contributed by atoms with Crippen molar-refractivity contribution in [3.63, 3.8) is 0 Å². The standard InChI is InChI=1S/C10H19NO/c1-2-3-9(11)8-6-7-4-5-10(8)12-7/h7-10H,2-6,11H2,1H3. The Bertz CT molecular complexity index is 160. The second-order valence-corrected chi connectivity index (χ2v) is 4.23. The normalized spacial score (nSPS) is 42.0. The highest BCUT2D eigenvalue weighted by atomic mass is 16.5. The van der Waals surface area contributed by atoms with Crippen LogP contribution in [0.25, 0.3) is 0 Å². The van der Waals surface area contributed by atoms with Crippen molar-refractivity contribution in [1.29, 1.82) is 0 Å². The van der Waals surface area contributed by atoms with E-state index in [1.165, 1.54) is 25.7 Å². The molecule has 0 saturated carbocycles. The zero-order valence-electron chi connectivity index (χ0n) is 7.83. The molecule has 2 nitrogen and oxygen atoms in total. The first-order valence-electron chi connectivity index (χ1n) is 5.22. The molecule has 2 N–H and O–H groups in total. The summed E-state index contributed by atoms with van der Waals surface area (Å²) in [5.74, 6) is 0.670. The first-order valence-corrected chi connectivity index (χ1v) is 5.22. The molecule has 2 saturated heterocycles. The van der Waals surface area contributed by atoms with Crippen molar-refractivity contribution in [1.82, 2.24) is 0 Å². The van der Waals surface area contributed by atoms with E-state index >= 15 is 0 Å². The predicted octanol–water partition coefficient (Wildman–Crippen LogP) is 1.68. The van der Waals surface area contributed by atoms with Gasteiger partial charge in [0.2, 0.25) is 0 Å². The van der Waals surface area contributed by atoms with Gasteiger partial charge in [-0.25, -0.2) is 0 Å². The molecule has 2 heterocycles. The third kappa shape index (κ3) is 1.38. The van der Waals surface area contributed by atoms with Crippen molar-refractivity contribution in [2.24, 2.45) is 11.7 Å². The van der Waals surface area contributed by atoms with E-state index in [-0.39, 0.29) is 0 Å². The first-order chi connectivity index (χ1) is 5.81. The number of fused-ring (bicyclic) bond motifs is 2. The van der Waals surface area contributed by atoms with Crippen LogP contribution in [0.2, 0.25) is 0 Å². The molecule has 0 amide bonds. The SMILES string of the molecule is CCCC(N)C1CC2CCC1O2. The molecule has 2 heteroatoms. The summed E-state index contributed by atoms with van der Waals surface area (Å²) in [5, 5.41) is 0. The maximum atomic E-state index is 6.10. The van der Waals surface area contributed by atoms with Crippen molar-refractivity contribution >= 4 is 0 Å². The molecule has 0 spiro atoms. The summed E-state index contributed by atoms with van der Waals surface area (Å²) in [6.45, 7) is 2.20. The van der Waals surface area contributed by atoms with Crippen LogP contribution in [-0.4, -0.2) is 18.2 Å². The number of rotatable bonds is 3. The van der Waals surface area contributed by atoms with Gasteiger partial charge in [-0.2, -0.15) is 0 Å².